The molecule has 4 heteroatoms. The quantitative estimate of drug-likeness (QED) is 0.841. The third-order valence-electron chi connectivity index (χ3n) is 3.09. The van der Waals surface area contributed by atoms with Gasteiger partial charge in [0.15, 0.2) is 0 Å². The number of benzene rings is 1. The maximum atomic E-state index is 9.18. The Bertz CT molecular complexity index is 442. The molecule has 1 unspecified atom stereocenters. The van der Waals surface area contributed by atoms with E-state index in [-0.39, 0.29) is 0 Å². The molecule has 0 saturated carbocycles. The number of hydrogen-bond acceptors (Lipinski definition) is 3. The molecule has 1 aromatic carbocycles. The molecule has 0 aliphatic carbocycles. The normalized spacial score (nSPS) is 20.1. The average molecular weight is 295 g/mol. The first-order chi connectivity index (χ1) is 8.26. The Balaban J connectivity index is 2.37. The molecule has 1 saturated heterocycles. The van der Waals surface area contributed by atoms with Gasteiger partial charge in [-0.2, -0.15) is 5.26 Å². The van der Waals surface area contributed by atoms with Crippen LogP contribution in [0.25, 0.3) is 0 Å². The molecular formula is C13H15BrN2O. The van der Waals surface area contributed by atoms with E-state index < -0.39 is 0 Å². The summed E-state index contributed by atoms with van der Waals surface area (Å²) in [5.74, 6) is 0. The summed E-state index contributed by atoms with van der Waals surface area (Å²) >= 11 is 3.47. The first-order valence-corrected chi connectivity index (χ1v) is 6.59. The van der Waals surface area contributed by atoms with E-state index in [1.54, 1.807) is 0 Å². The maximum absolute atomic E-state index is 9.18. The number of halogens is 1. The molecule has 2 rings (SSSR count). The van der Waals surface area contributed by atoms with Crippen LogP contribution >= 0.6 is 15.9 Å². The number of morpholine rings is 1. The molecular weight excluding hydrogens is 280 g/mol. The van der Waals surface area contributed by atoms with Crippen LogP contribution in [-0.4, -0.2) is 25.8 Å². The van der Waals surface area contributed by atoms with Crippen molar-refractivity contribution in [2.75, 3.05) is 24.7 Å². The highest BCUT2D eigenvalue weighted by atomic mass is 79.9. The standard InChI is InChI=1S/C13H15BrN2O/c1-2-12-9-17-6-5-16(12)13-7-11(14)4-3-10(13)8-15/h3-4,7,12H,2,5-6,9H2,1H3. The number of nitriles is 1. The molecule has 3 nitrogen and oxygen atoms in total. The second kappa shape index (κ2) is 5.52. The van der Waals surface area contributed by atoms with Crippen LogP contribution in [0, 0.1) is 11.3 Å². The highest BCUT2D eigenvalue weighted by Gasteiger charge is 2.23. The largest absolute Gasteiger partial charge is 0.377 e. The Labute approximate surface area is 110 Å². The van der Waals surface area contributed by atoms with E-state index in [4.69, 9.17) is 4.74 Å². The summed E-state index contributed by atoms with van der Waals surface area (Å²) in [6.07, 6.45) is 1.03. The number of rotatable bonds is 2. The Hall–Kier alpha value is -1.05. The summed E-state index contributed by atoms with van der Waals surface area (Å²) in [5.41, 5.74) is 1.74. The molecule has 0 spiro atoms. The topological polar surface area (TPSA) is 36.3 Å². The average Bonchev–Trinajstić information content (AvgIpc) is 2.38. The van der Waals surface area contributed by atoms with Crippen molar-refractivity contribution < 1.29 is 4.74 Å². The third-order valence-corrected chi connectivity index (χ3v) is 3.58. The van der Waals surface area contributed by atoms with Gasteiger partial charge in [-0.3, -0.25) is 0 Å². The first-order valence-electron chi connectivity index (χ1n) is 5.80. The summed E-state index contributed by atoms with van der Waals surface area (Å²) in [4.78, 5) is 2.28. The number of nitrogens with zero attached hydrogens (tertiary/aromatic N) is 2. The van der Waals surface area contributed by atoms with Gasteiger partial charge in [0.1, 0.15) is 6.07 Å². The second-order valence-corrected chi connectivity index (χ2v) is 5.02. The highest BCUT2D eigenvalue weighted by Crippen LogP contribution is 2.28. The molecule has 0 N–H and O–H groups in total. The summed E-state index contributed by atoms with van der Waals surface area (Å²) in [6.45, 7) is 4.47. The zero-order valence-electron chi connectivity index (χ0n) is 9.82. The molecule has 0 bridgehead atoms. The Morgan fingerprint density at radius 1 is 1.59 bits per heavy atom. The van der Waals surface area contributed by atoms with Gasteiger partial charge < -0.3 is 9.64 Å². The predicted octanol–water partition coefficient (Wildman–Crippen LogP) is 2.94. The van der Waals surface area contributed by atoms with E-state index in [2.05, 4.69) is 33.8 Å². The van der Waals surface area contributed by atoms with Gasteiger partial charge in [-0.1, -0.05) is 22.9 Å². The van der Waals surface area contributed by atoms with E-state index in [1.807, 2.05) is 18.2 Å². The molecule has 1 fully saturated rings. The Morgan fingerprint density at radius 2 is 2.41 bits per heavy atom. The van der Waals surface area contributed by atoms with Gasteiger partial charge in [-0.25, -0.2) is 0 Å². The monoisotopic (exact) mass is 294 g/mol. The predicted molar refractivity (Wildman–Crippen MR) is 71.1 cm³/mol. The molecule has 1 aromatic rings. The van der Waals surface area contributed by atoms with Gasteiger partial charge in [0, 0.05) is 11.0 Å². The summed E-state index contributed by atoms with van der Waals surface area (Å²) in [5, 5.41) is 9.18. The lowest BCUT2D eigenvalue weighted by atomic mass is 10.1. The van der Waals surface area contributed by atoms with E-state index in [0.717, 1.165) is 41.9 Å². The summed E-state index contributed by atoms with van der Waals surface area (Å²) in [7, 11) is 0. The number of ether oxygens (including phenoxy) is 1. The fourth-order valence-corrected chi connectivity index (χ4v) is 2.50. The second-order valence-electron chi connectivity index (χ2n) is 4.10. The van der Waals surface area contributed by atoms with Crippen molar-refractivity contribution in [2.45, 2.75) is 19.4 Å². The van der Waals surface area contributed by atoms with Crippen molar-refractivity contribution in [1.29, 1.82) is 5.26 Å². The van der Waals surface area contributed by atoms with Crippen LogP contribution in [0.3, 0.4) is 0 Å². The molecule has 1 heterocycles. The first kappa shape index (κ1) is 12.4. The number of anilines is 1. The van der Waals surface area contributed by atoms with Crippen LogP contribution in [-0.2, 0) is 4.74 Å². The zero-order valence-corrected chi connectivity index (χ0v) is 11.4. The summed E-state index contributed by atoms with van der Waals surface area (Å²) < 4.78 is 6.50. The van der Waals surface area contributed by atoms with Crippen molar-refractivity contribution in [2.24, 2.45) is 0 Å². The van der Waals surface area contributed by atoms with Crippen LogP contribution in [0.1, 0.15) is 18.9 Å². The molecule has 1 atom stereocenters. The van der Waals surface area contributed by atoms with E-state index in [0.29, 0.717) is 6.04 Å². The van der Waals surface area contributed by atoms with Crippen molar-refractivity contribution in [3.05, 3.63) is 28.2 Å². The van der Waals surface area contributed by atoms with Crippen molar-refractivity contribution in [1.82, 2.24) is 0 Å². The Morgan fingerprint density at radius 3 is 3.12 bits per heavy atom. The van der Waals surface area contributed by atoms with Crippen LogP contribution < -0.4 is 4.90 Å². The molecule has 0 aromatic heterocycles. The van der Waals surface area contributed by atoms with Crippen LogP contribution in [0.15, 0.2) is 22.7 Å². The van der Waals surface area contributed by atoms with E-state index >= 15 is 0 Å². The highest BCUT2D eigenvalue weighted by molar-refractivity contribution is 9.10. The minimum atomic E-state index is 0.366. The van der Waals surface area contributed by atoms with Crippen LogP contribution in [0.4, 0.5) is 5.69 Å². The molecule has 90 valence electrons. The molecule has 0 amide bonds. The maximum Gasteiger partial charge on any atom is 0.101 e. The molecule has 0 radical (unpaired) electrons. The third kappa shape index (κ3) is 2.62. The van der Waals surface area contributed by atoms with Gasteiger partial charge in [-0.15, -0.1) is 0 Å². The lowest BCUT2D eigenvalue weighted by Gasteiger charge is -2.37. The lowest BCUT2D eigenvalue weighted by Crippen LogP contribution is -2.45. The lowest BCUT2D eigenvalue weighted by molar-refractivity contribution is 0.0929. The molecule has 1 aliphatic heterocycles. The van der Waals surface area contributed by atoms with E-state index in [9.17, 15) is 5.26 Å². The minimum Gasteiger partial charge on any atom is -0.377 e. The van der Waals surface area contributed by atoms with Crippen LogP contribution in [0.2, 0.25) is 0 Å². The van der Waals surface area contributed by atoms with Crippen molar-refractivity contribution in [3.8, 4) is 6.07 Å². The fraction of sp³-hybridized carbons (Fsp3) is 0.462. The van der Waals surface area contributed by atoms with Crippen molar-refractivity contribution >= 4 is 21.6 Å². The molecule has 17 heavy (non-hydrogen) atoms. The van der Waals surface area contributed by atoms with Crippen LogP contribution in [0.5, 0.6) is 0 Å². The summed E-state index contributed by atoms with van der Waals surface area (Å²) in [6, 6.07) is 8.42. The van der Waals surface area contributed by atoms with Gasteiger partial charge in [0.25, 0.3) is 0 Å². The fourth-order valence-electron chi connectivity index (χ4n) is 2.15. The van der Waals surface area contributed by atoms with Gasteiger partial charge in [0.05, 0.1) is 30.5 Å². The smallest absolute Gasteiger partial charge is 0.101 e. The SMILES string of the molecule is CCC1COCCN1c1cc(Br)ccc1C#N. The van der Waals surface area contributed by atoms with E-state index in [1.165, 1.54) is 0 Å². The number of hydrogen-bond donors (Lipinski definition) is 0. The van der Waals surface area contributed by atoms with Gasteiger partial charge in [0.2, 0.25) is 0 Å². The van der Waals surface area contributed by atoms with Gasteiger partial charge >= 0.3 is 0 Å². The van der Waals surface area contributed by atoms with Crippen molar-refractivity contribution in [3.63, 3.8) is 0 Å². The minimum absolute atomic E-state index is 0.366. The Kier molecular flexibility index (Phi) is 4.03. The zero-order chi connectivity index (χ0) is 12.3. The van der Waals surface area contributed by atoms with Gasteiger partial charge in [-0.05, 0) is 24.6 Å². The molecule has 1 aliphatic rings.